The number of halogens is 1. The summed E-state index contributed by atoms with van der Waals surface area (Å²) in [5.41, 5.74) is 0. The van der Waals surface area contributed by atoms with E-state index >= 15 is 0 Å². The van der Waals surface area contributed by atoms with Gasteiger partial charge in [-0.3, -0.25) is 0 Å². The number of phenolic OH excluding ortho intramolecular Hbond substituents is 1. The Kier molecular flexibility index (Phi) is 5.07. The van der Waals surface area contributed by atoms with Gasteiger partial charge in [0.2, 0.25) is 0 Å². The molecule has 0 bridgehead atoms. The lowest BCUT2D eigenvalue weighted by molar-refractivity contribution is 0.263. The Balaban J connectivity index is 0.000000163. The lowest BCUT2D eigenvalue weighted by atomic mass is 10.3. The fourth-order valence-corrected chi connectivity index (χ4v) is 1.44. The number of ether oxygens (including phenoxy) is 2. The van der Waals surface area contributed by atoms with E-state index in [1.165, 1.54) is 0 Å². The molecule has 1 unspecified atom stereocenters. The first-order chi connectivity index (χ1) is 9.24. The number of para-hydroxylation sites is 1. The van der Waals surface area contributed by atoms with E-state index in [1.54, 1.807) is 24.3 Å². The molecular weight excluding hydrogens is 264 g/mol. The van der Waals surface area contributed by atoms with Crippen molar-refractivity contribution in [2.75, 3.05) is 13.2 Å². The van der Waals surface area contributed by atoms with E-state index < -0.39 is 0 Å². The molecule has 0 radical (unpaired) electrons. The Labute approximate surface area is 117 Å². The molecule has 100 valence electrons. The molecule has 0 saturated carbocycles. The van der Waals surface area contributed by atoms with Crippen molar-refractivity contribution in [1.29, 1.82) is 0 Å². The van der Waals surface area contributed by atoms with Crippen LogP contribution in [0.5, 0.6) is 11.5 Å². The highest BCUT2D eigenvalue weighted by atomic mass is 35.5. The van der Waals surface area contributed by atoms with Gasteiger partial charge in [0.15, 0.2) is 0 Å². The summed E-state index contributed by atoms with van der Waals surface area (Å²) in [5, 5.41) is 9.36. The van der Waals surface area contributed by atoms with E-state index in [0.717, 1.165) is 17.4 Å². The Hall–Kier alpha value is -1.71. The van der Waals surface area contributed by atoms with Gasteiger partial charge in [0.1, 0.15) is 24.2 Å². The molecule has 0 amide bonds. The van der Waals surface area contributed by atoms with Crippen molar-refractivity contribution in [1.82, 2.24) is 0 Å². The van der Waals surface area contributed by atoms with Crippen LogP contribution in [0.15, 0.2) is 54.6 Å². The normalized spacial score (nSPS) is 16.2. The predicted molar refractivity (Wildman–Crippen MR) is 74.8 cm³/mol. The summed E-state index contributed by atoms with van der Waals surface area (Å²) in [4.78, 5) is 0. The summed E-state index contributed by atoms with van der Waals surface area (Å²) in [5.74, 6) is 1.16. The monoisotopic (exact) mass is 278 g/mol. The number of hydrogen-bond acceptors (Lipinski definition) is 3. The zero-order valence-electron chi connectivity index (χ0n) is 10.3. The van der Waals surface area contributed by atoms with Gasteiger partial charge in [0.05, 0.1) is 6.61 Å². The standard InChI is InChI=1S/C9H9ClO2.C6H6O/c10-7-1-3-8(4-2-7)11-5-9-6-12-9;7-6-4-2-1-3-5-6/h1-4,9H,5-6H2;1-5,7H. The summed E-state index contributed by atoms with van der Waals surface area (Å²) in [7, 11) is 0. The molecular formula is C15H15ClO3. The SMILES string of the molecule is Clc1ccc(OCC2CO2)cc1.Oc1ccccc1. The summed E-state index contributed by atoms with van der Waals surface area (Å²) in [6.07, 6.45) is 0.306. The third-order valence-electron chi connectivity index (χ3n) is 2.41. The number of epoxide rings is 1. The highest BCUT2D eigenvalue weighted by Crippen LogP contribution is 2.17. The van der Waals surface area contributed by atoms with Gasteiger partial charge in [-0.1, -0.05) is 29.8 Å². The minimum atomic E-state index is 0.306. The van der Waals surface area contributed by atoms with Crippen LogP contribution in [0.4, 0.5) is 0 Å². The van der Waals surface area contributed by atoms with Crippen molar-refractivity contribution < 1.29 is 14.6 Å². The second-order valence-electron chi connectivity index (χ2n) is 4.06. The van der Waals surface area contributed by atoms with Crippen molar-refractivity contribution in [2.45, 2.75) is 6.10 Å². The molecule has 1 N–H and O–H groups in total. The number of benzene rings is 2. The third kappa shape index (κ3) is 5.64. The molecule has 1 aliphatic rings. The molecule has 3 rings (SSSR count). The molecule has 1 heterocycles. The highest BCUT2D eigenvalue weighted by Gasteiger charge is 2.22. The topological polar surface area (TPSA) is 42.0 Å². The van der Waals surface area contributed by atoms with Crippen molar-refractivity contribution in [3.8, 4) is 11.5 Å². The first-order valence-electron chi connectivity index (χ1n) is 5.98. The quantitative estimate of drug-likeness (QED) is 0.874. The van der Waals surface area contributed by atoms with Crippen molar-refractivity contribution >= 4 is 11.6 Å². The van der Waals surface area contributed by atoms with Gasteiger partial charge in [-0.15, -0.1) is 0 Å². The van der Waals surface area contributed by atoms with Crippen molar-refractivity contribution in [3.05, 3.63) is 59.6 Å². The molecule has 0 aromatic heterocycles. The Morgan fingerprint density at radius 2 is 1.74 bits per heavy atom. The molecule has 2 aromatic carbocycles. The molecule has 2 aromatic rings. The molecule has 19 heavy (non-hydrogen) atoms. The minimum absolute atomic E-state index is 0.306. The van der Waals surface area contributed by atoms with E-state index in [-0.39, 0.29) is 0 Å². The zero-order valence-corrected chi connectivity index (χ0v) is 11.1. The number of rotatable bonds is 3. The largest absolute Gasteiger partial charge is 0.508 e. The number of phenols is 1. The van der Waals surface area contributed by atoms with Gasteiger partial charge in [0, 0.05) is 5.02 Å². The van der Waals surface area contributed by atoms with Crippen LogP contribution in [0.2, 0.25) is 5.02 Å². The van der Waals surface area contributed by atoms with Crippen molar-refractivity contribution in [3.63, 3.8) is 0 Å². The summed E-state index contributed by atoms with van der Waals surface area (Å²) < 4.78 is 10.4. The summed E-state index contributed by atoms with van der Waals surface area (Å²) >= 11 is 5.71. The Morgan fingerprint density at radius 1 is 1.11 bits per heavy atom. The lowest BCUT2D eigenvalue weighted by Gasteiger charge is -2.02. The van der Waals surface area contributed by atoms with Crippen LogP contribution in [0.3, 0.4) is 0 Å². The highest BCUT2D eigenvalue weighted by molar-refractivity contribution is 6.30. The first kappa shape index (κ1) is 13.7. The molecule has 1 saturated heterocycles. The van der Waals surface area contributed by atoms with Crippen LogP contribution < -0.4 is 4.74 Å². The fraction of sp³-hybridized carbons (Fsp3) is 0.200. The molecule has 0 spiro atoms. The maximum absolute atomic E-state index is 8.63. The lowest BCUT2D eigenvalue weighted by Crippen LogP contribution is -2.03. The third-order valence-corrected chi connectivity index (χ3v) is 2.66. The molecule has 4 heteroatoms. The van der Waals surface area contributed by atoms with Crippen LogP contribution in [-0.2, 0) is 4.74 Å². The second kappa shape index (κ2) is 7.02. The van der Waals surface area contributed by atoms with E-state index in [9.17, 15) is 0 Å². The van der Waals surface area contributed by atoms with Crippen LogP contribution in [0, 0.1) is 0 Å². The molecule has 3 nitrogen and oxygen atoms in total. The van der Waals surface area contributed by atoms with E-state index in [1.807, 2.05) is 30.3 Å². The van der Waals surface area contributed by atoms with Crippen molar-refractivity contribution in [2.24, 2.45) is 0 Å². The predicted octanol–water partition coefficient (Wildman–Crippen LogP) is 3.51. The zero-order chi connectivity index (χ0) is 13.5. The fourth-order valence-electron chi connectivity index (χ4n) is 1.31. The van der Waals surface area contributed by atoms with Crippen LogP contribution in [-0.4, -0.2) is 24.4 Å². The Morgan fingerprint density at radius 3 is 2.21 bits per heavy atom. The van der Waals surface area contributed by atoms with Gasteiger partial charge in [0.25, 0.3) is 0 Å². The van der Waals surface area contributed by atoms with E-state index in [4.69, 9.17) is 26.2 Å². The summed E-state index contributed by atoms with van der Waals surface area (Å²) in [6, 6.07) is 16.0. The average Bonchev–Trinajstić information content (AvgIpc) is 3.24. The Bertz CT molecular complexity index is 481. The van der Waals surface area contributed by atoms with Gasteiger partial charge in [-0.25, -0.2) is 0 Å². The first-order valence-corrected chi connectivity index (χ1v) is 6.36. The van der Waals surface area contributed by atoms with Crippen LogP contribution >= 0.6 is 11.6 Å². The van der Waals surface area contributed by atoms with Gasteiger partial charge in [-0.05, 0) is 36.4 Å². The second-order valence-corrected chi connectivity index (χ2v) is 4.49. The maximum Gasteiger partial charge on any atom is 0.119 e. The molecule has 1 aliphatic heterocycles. The van der Waals surface area contributed by atoms with Crippen LogP contribution in [0.1, 0.15) is 0 Å². The van der Waals surface area contributed by atoms with E-state index in [0.29, 0.717) is 18.5 Å². The number of aromatic hydroxyl groups is 1. The molecule has 1 atom stereocenters. The molecule has 0 aliphatic carbocycles. The van der Waals surface area contributed by atoms with E-state index in [2.05, 4.69) is 0 Å². The number of hydrogen-bond donors (Lipinski definition) is 1. The van der Waals surface area contributed by atoms with Gasteiger partial charge < -0.3 is 14.6 Å². The average molecular weight is 279 g/mol. The minimum Gasteiger partial charge on any atom is -0.508 e. The summed E-state index contributed by atoms with van der Waals surface area (Å²) in [6.45, 7) is 1.47. The smallest absolute Gasteiger partial charge is 0.119 e. The molecule has 1 fully saturated rings. The van der Waals surface area contributed by atoms with Gasteiger partial charge in [-0.2, -0.15) is 0 Å². The van der Waals surface area contributed by atoms with Crippen LogP contribution in [0.25, 0.3) is 0 Å². The maximum atomic E-state index is 8.63. The van der Waals surface area contributed by atoms with Gasteiger partial charge >= 0.3 is 0 Å².